The van der Waals surface area contributed by atoms with Crippen LogP contribution in [0.25, 0.3) is 0 Å². The number of hydrogen-bond acceptors (Lipinski definition) is 3. The van der Waals surface area contributed by atoms with Crippen LogP contribution in [-0.4, -0.2) is 18.7 Å². The van der Waals surface area contributed by atoms with Crippen LogP contribution in [0.5, 0.6) is 5.75 Å². The smallest absolute Gasteiger partial charge is 0.277 e. The van der Waals surface area contributed by atoms with Crippen LogP contribution in [0.1, 0.15) is 18.4 Å². The number of hydrogen-bond donors (Lipinski definition) is 1. The monoisotopic (exact) mass is 316 g/mol. The van der Waals surface area contributed by atoms with Gasteiger partial charge < -0.3 is 4.74 Å². The normalized spacial score (nSPS) is 12.1. The molecule has 2 aromatic carbocycles. The lowest BCUT2D eigenvalue weighted by Gasteiger charge is -2.06. The number of carbonyl (C=O) groups excluding carboxylic acids is 1. The van der Waals surface area contributed by atoms with E-state index in [-0.39, 0.29) is 18.4 Å². The van der Waals surface area contributed by atoms with Gasteiger partial charge in [0.25, 0.3) is 5.91 Å². The molecule has 0 aromatic heterocycles. The molecular formula is C17H17ClN2O2. The molecule has 0 aliphatic rings. The van der Waals surface area contributed by atoms with Gasteiger partial charge in [-0.25, -0.2) is 5.43 Å². The molecule has 0 aliphatic heterocycles. The third-order valence-electron chi connectivity index (χ3n) is 3.00. The minimum absolute atomic E-state index is 0.0985. The number of ether oxygens (including phenoxy) is 1. The van der Waals surface area contributed by atoms with Gasteiger partial charge >= 0.3 is 0 Å². The third kappa shape index (κ3) is 5.22. The Morgan fingerprint density at radius 1 is 1.23 bits per heavy atom. The van der Waals surface area contributed by atoms with E-state index in [0.717, 1.165) is 5.56 Å². The lowest BCUT2D eigenvalue weighted by Crippen LogP contribution is -2.24. The van der Waals surface area contributed by atoms with Crippen LogP contribution in [0.15, 0.2) is 59.7 Å². The standard InChI is InChI=1S/C17H17ClN2O2/c1-13(14-5-3-2-4-6-14)11-19-20-17(21)12-22-16-9-7-15(18)8-10-16/h2-11,13H,12H2,1H3,(H,20,21)/b19-11-/t13-/m0/s1. The van der Waals surface area contributed by atoms with Gasteiger partial charge in [0.2, 0.25) is 0 Å². The van der Waals surface area contributed by atoms with Gasteiger partial charge in [0.1, 0.15) is 5.75 Å². The molecule has 0 radical (unpaired) electrons. The average Bonchev–Trinajstić information content (AvgIpc) is 2.55. The Balaban J connectivity index is 1.75. The molecular weight excluding hydrogens is 300 g/mol. The van der Waals surface area contributed by atoms with Crippen LogP contribution < -0.4 is 10.2 Å². The number of halogens is 1. The van der Waals surface area contributed by atoms with E-state index in [0.29, 0.717) is 10.8 Å². The molecule has 0 aliphatic carbocycles. The zero-order valence-corrected chi connectivity index (χ0v) is 13.0. The van der Waals surface area contributed by atoms with Crippen LogP contribution in [0.4, 0.5) is 0 Å². The van der Waals surface area contributed by atoms with Gasteiger partial charge in [0.05, 0.1) is 0 Å². The molecule has 0 saturated carbocycles. The highest BCUT2D eigenvalue weighted by molar-refractivity contribution is 6.30. The third-order valence-corrected chi connectivity index (χ3v) is 3.25. The van der Waals surface area contributed by atoms with Crippen LogP contribution in [0.3, 0.4) is 0 Å². The lowest BCUT2D eigenvalue weighted by molar-refractivity contribution is -0.123. The van der Waals surface area contributed by atoms with Crippen molar-refractivity contribution in [3.05, 3.63) is 65.2 Å². The first-order chi connectivity index (χ1) is 10.6. The largest absolute Gasteiger partial charge is 0.484 e. The van der Waals surface area contributed by atoms with Gasteiger partial charge in [-0.2, -0.15) is 5.10 Å². The first-order valence-electron chi connectivity index (χ1n) is 6.90. The topological polar surface area (TPSA) is 50.7 Å². The minimum atomic E-state index is -0.313. The predicted molar refractivity (Wildman–Crippen MR) is 88.4 cm³/mol. The number of nitrogens with zero attached hydrogens (tertiary/aromatic N) is 1. The highest BCUT2D eigenvalue weighted by Gasteiger charge is 2.03. The fourth-order valence-corrected chi connectivity index (χ4v) is 1.90. The van der Waals surface area contributed by atoms with Crippen molar-refractivity contribution in [3.63, 3.8) is 0 Å². The predicted octanol–water partition coefficient (Wildman–Crippen LogP) is 3.62. The summed E-state index contributed by atoms with van der Waals surface area (Å²) >= 11 is 5.77. The van der Waals surface area contributed by atoms with Crippen LogP contribution in [0, 0.1) is 0 Å². The molecule has 0 unspecified atom stereocenters. The van der Waals surface area contributed by atoms with Gasteiger partial charge in [0, 0.05) is 17.2 Å². The van der Waals surface area contributed by atoms with Crippen molar-refractivity contribution >= 4 is 23.7 Å². The Kier molecular flexibility index (Phi) is 5.98. The zero-order chi connectivity index (χ0) is 15.8. The van der Waals surface area contributed by atoms with Gasteiger partial charge in [-0.05, 0) is 29.8 Å². The van der Waals surface area contributed by atoms with Crippen molar-refractivity contribution in [2.24, 2.45) is 5.10 Å². The molecule has 22 heavy (non-hydrogen) atoms. The Labute approximate surface area is 134 Å². The highest BCUT2D eigenvalue weighted by Crippen LogP contribution is 2.15. The van der Waals surface area contributed by atoms with Gasteiger partial charge in [-0.1, -0.05) is 48.9 Å². The SMILES string of the molecule is C[C@@H](/C=N\NC(=O)COc1ccc(Cl)cc1)c1ccccc1. The fraction of sp³-hybridized carbons (Fsp3) is 0.176. The molecule has 114 valence electrons. The number of benzene rings is 2. The van der Waals surface area contributed by atoms with Crippen molar-refractivity contribution in [3.8, 4) is 5.75 Å². The summed E-state index contributed by atoms with van der Waals surface area (Å²) in [5, 5.41) is 4.57. The number of amides is 1. The molecule has 5 heteroatoms. The highest BCUT2D eigenvalue weighted by atomic mass is 35.5. The van der Waals surface area contributed by atoms with E-state index in [1.165, 1.54) is 0 Å². The Morgan fingerprint density at radius 3 is 2.59 bits per heavy atom. The van der Waals surface area contributed by atoms with Crippen LogP contribution in [0.2, 0.25) is 5.02 Å². The van der Waals surface area contributed by atoms with Crippen molar-refractivity contribution < 1.29 is 9.53 Å². The number of hydrazone groups is 1. The van der Waals surface area contributed by atoms with Gasteiger partial charge in [-0.15, -0.1) is 0 Å². The molecule has 2 rings (SSSR count). The molecule has 0 fully saturated rings. The lowest BCUT2D eigenvalue weighted by atomic mass is 10.0. The van der Waals surface area contributed by atoms with Crippen LogP contribution in [-0.2, 0) is 4.79 Å². The minimum Gasteiger partial charge on any atom is -0.484 e. The van der Waals surface area contributed by atoms with Crippen molar-refractivity contribution in [2.45, 2.75) is 12.8 Å². The maximum atomic E-state index is 11.6. The zero-order valence-electron chi connectivity index (χ0n) is 12.2. The summed E-state index contributed by atoms with van der Waals surface area (Å²) in [6.45, 7) is 1.91. The van der Waals surface area contributed by atoms with Crippen molar-refractivity contribution in [1.29, 1.82) is 0 Å². The van der Waals surface area contributed by atoms with Gasteiger partial charge in [0.15, 0.2) is 6.61 Å². The van der Waals surface area contributed by atoms with E-state index >= 15 is 0 Å². The molecule has 4 nitrogen and oxygen atoms in total. The van der Waals surface area contributed by atoms with Crippen molar-refractivity contribution in [1.82, 2.24) is 5.43 Å². The summed E-state index contributed by atoms with van der Waals surface area (Å²) in [7, 11) is 0. The number of nitrogens with one attached hydrogen (secondary N) is 1. The van der Waals surface area contributed by atoms with E-state index in [1.807, 2.05) is 37.3 Å². The summed E-state index contributed by atoms with van der Waals surface area (Å²) in [5.41, 5.74) is 3.58. The Bertz CT molecular complexity index is 627. The molecule has 0 bridgehead atoms. The molecule has 1 N–H and O–H groups in total. The summed E-state index contributed by atoms with van der Waals surface area (Å²) in [6.07, 6.45) is 1.69. The Morgan fingerprint density at radius 2 is 1.91 bits per heavy atom. The van der Waals surface area contributed by atoms with E-state index in [1.54, 1.807) is 30.5 Å². The second kappa shape index (κ2) is 8.20. The second-order valence-corrected chi connectivity index (χ2v) is 5.19. The number of carbonyl (C=O) groups is 1. The summed E-state index contributed by atoms with van der Waals surface area (Å²) in [5.74, 6) is 0.395. The first kappa shape index (κ1) is 16.0. The van der Waals surface area contributed by atoms with Crippen LogP contribution >= 0.6 is 11.6 Å². The maximum Gasteiger partial charge on any atom is 0.277 e. The molecule has 0 spiro atoms. The fourth-order valence-electron chi connectivity index (χ4n) is 1.78. The molecule has 2 aromatic rings. The summed E-state index contributed by atoms with van der Waals surface area (Å²) in [4.78, 5) is 11.6. The van der Waals surface area contributed by atoms with Gasteiger partial charge in [-0.3, -0.25) is 4.79 Å². The van der Waals surface area contributed by atoms with E-state index in [4.69, 9.17) is 16.3 Å². The van der Waals surface area contributed by atoms with Crippen molar-refractivity contribution in [2.75, 3.05) is 6.61 Å². The molecule has 1 atom stereocenters. The van der Waals surface area contributed by atoms with E-state index in [9.17, 15) is 4.79 Å². The van der Waals surface area contributed by atoms with E-state index < -0.39 is 0 Å². The Hall–Kier alpha value is -2.33. The second-order valence-electron chi connectivity index (χ2n) is 4.76. The van der Waals surface area contributed by atoms with E-state index in [2.05, 4.69) is 10.5 Å². The maximum absolute atomic E-state index is 11.6. The summed E-state index contributed by atoms with van der Waals surface area (Å²) < 4.78 is 5.32. The number of rotatable bonds is 6. The quantitative estimate of drug-likeness (QED) is 0.653. The summed E-state index contributed by atoms with van der Waals surface area (Å²) in [6, 6.07) is 16.7. The first-order valence-corrected chi connectivity index (χ1v) is 7.28. The molecule has 1 amide bonds. The molecule has 0 heterocycles. The average molecular weight is 317 g/mol. The molecule has 0 saturated heterocycles.